The first-order valence-electron chi connectivity index (χ1n) is 11.2. The average molecular weight is 479 g/mol. The maximum Gasteiger partial charge on any atom is 0.274 e. The monoisotopic (exact) mass is 478 g/mol. The summed E-state index contributed by atoms with van der Waals surface area (Å²) in [6.07, 6.45) is 1.56. The number of hydrogen-bond acceptors (Lipinski definition) is 5. The van der Waals surface area contributed by atoms with E-state index in [1.807, 2.05) is 42.5 Å². The highest BCUT2D eigenvalue weighted by atomic mass is 16.5. The van der Waals surface area contributed by atoms with Crippen LogP contribution in [0.2, 0.25) is 0 Å². The Morgan fingerprint density at radius 3 is 2.31 bits per heavy atom. The predicted octanol–water partition coefficient (Wildman–Crippen LogP) is 5.65. The molecule has 8 nitrogen and oxygen atoms in total. The lowest BCUT2D eigenvalue weighted by atomic mass is 10.1. The van der Waals surface area contributed by atoms with Crippen LogP contribution in [0, 0.1) is 0 Å². The fourth-order valence-electron chi connectivity index (χ4n) is 3.70. The summed E-state index contributed by atoms with van der Waals surface area (Å²) in [4.78, 5) is 25.9. The number of benzene rings is 3. The van der Waals surface area contributed by atoms with E-state index in [-0.39, 0.29) is 11.8 Å². The predicted molar refractivity (Wildman–Crippen MR) is 137 cm³/mol. The Hall–Kier alpha value is -5.11. The van der Waals surface area contributed by atoms with E-state index in [1.165, 1.54) is 0 Å². The summed E-state index contributed by atoms with van der Waals surface area (Å²) in [6, 6.07) is 28.4. The Morgan fingerprint density at radius 1 is 0.833 bits per heavy atom. The van der Waals surface area contributed by atoms with Gasteiger partial charge in [-0.1, -0.05) is 30.3 Å². The van der Waals surface area contributed by atoms with Crippen LogP contribution in [0.1, 0.15) is 20.8 Å². The number of hydrogen-bond donors (Lipinski definition) is 2. The van der Waals surface area contributed by atoms with Crippen LogP contribution in [-0.2, 0) is 0 Å². The molecule has 0 unspecified atom stereocenters. The van der Waals surface area contributed by atoms with Crippen molar-refractivity contribution in [2.75, 3.05) is 17.7 Å². The maximum absolute atomic E-state index is 13.2. The van der Waals surface area contributed by atoms with Crippen molar-refractivity contribution in [2.24, 2.45) is 0 Å². The fraction of sp³-hybridized carbons (Fsp3) is 0.0357. The lowest BCUT2D eigenvalue weighted by Crippen LogP contribution is -2.17. The van der Waals surface area contributed by atoms with Crippen LogP contribution in [0.25, 0.3) is 17.1 Å². The highest BCUT2D eigenvalue weighted by molar-refractivity contribution is 6.06. The Bertz CT molecular complexity index is 1490. The summed E-state index contributed by atoms with van der Waals surface area (Å²) in [5.74, 6) is 0.487. The smallest absolute Gasteiger partial charge is 0.274 e. The van der Waals surface area contributed by atoms with Crippen LogP contribution in [0.15, 0.2) is 108 Å². The number of carbonyl (C=O) groups excluding carboxylic acids is 2. The average Bonchev–Trinajstić information content (AvgIpc) is 3.60. The van der Waals surface area contributed by atoms with E-state index in [4.69, 9.17) is 9.15 Å². The van der Waals surface area contributed by atoms with Crippen molar-refractivity contribution in [3.05, 3.63) is 115 Å². The number of anilines is 2. The molecule has 36 heavy (non-hydrogen) atoms. The summed E-state index contributed by atoms with van der Waals surface area (Å²) in [7, 11) is 1.55. The van der Waals surface area contributed by atoms with Gasteiger partial charge < -0.3 is 19.8 Å². The summed E-state index contributed by atoms with van der Waals surface area (Å²) >= 11 is 0. The molecule has 178 valence electrons. The van der Waals surface area contributed by atoms with E-state index in [1.54, 1.807) is 72.7 Å². The SMILES string of the molecule is COc1ccccc1NC(=O)c1ccc(NC(=O)c2cc(-c3ccco3)nn2-c2ccccc2)cc1. The van der Waals surface area contributed by atoms with Crippen LogP contribution in [0.4, 0.5) is 11.4 Å². The molecule has 0 aliphatic carbocycles. The van der Waals surface area contributed by atoms with Gasteiger partial charge in [-0.05, 0) is 60.7 Å². The van der Waals surface area contributed by atoms with Crippen molar-refractivity contribution in [1.82, 2.24) is 9.78 Å². The van der Waals surface area contributed by atoms with Crippen molar-refractivity contribution in [3.63, 3.8) is 0 Å². The third-order valence-corrected chi connectivity index (χ3v) is 5.48. The molecule has 0 fully saturated rings. The first kappa shape index (κ1) is 22.7. The van der Waals surface area contributed by atoms with Gasteiger partial charge in [0.1, 0.15) is 17.1 Å². The molecule has 0 saturated carbocycles. The first-order chi connectivity index (χ1) is 17.6. The maximum atomic E-state index is 13.2. The van der Waals surface area contributed by atoms with Gasteiger partial charge in [0.05, 0.1) is 24.7 Å². The molecule has 0 atom stereocenters. The number of carbonyl (C=O) groups is 2. The van der Waals surface area contributed by atoms with Gasteiger partial charge in [-0.3, -0.25) is 9.59 Å². The molecular formula is C28H22N4O4. The Balaban J connectivity index is 1.35. The standard InChI is InChI=1S/C28H22N4O4/c1-35-25-11-6-5-10-22(25)30-27(33)19-13-15-20(16-14-19)29-28(34)24-18-23(26-12-7-17-36-26)31-32(24)21-8-3-2-4-9-21/h2-18H,1H3,(H,29,34)(H,30,33). The highest BCUT2D eigenvalue weighted by Gasteiger charge is 2.19. The lowest BCUT2D eigenvalue weighted by molar-refractivity contribution is 0.101. The third-order valence-electron chi connectivity index (χ3n) is 5.48. The molecule has 2 amide bonds. The van der Waals surface area contributed by atoms with Crippen molar-refractivity contribution in [2.45, 2.75) is 0 Å². The van der Waals surface area contributed by atoms with E-state index in [2.05, 4.69) is 15.7 Å². The second-order valence-corrected chi connectivity index (χ2v) is 7.83. The third kappa shape index (κ3) is 4.74. The van der Waals surface area contributed by atoms with Crippen LogP contribution in [-0.4, -0.2) is 28.7 Å². The fourth-order valence-corrected chi connectivity index (χ4v) is 3.70. The molecule has 5 aromatic rings. The number of methoxy groups -OCH3 is 1. The van der Waals surface area contributed by atoms with Crippen molar-refractivity contribution in [1.29, 1.82) is 0 Å². The normalized spacial score (nSPS) is 10.6. The van der Waals surface area contributed by atoms with Crippen LogP contribution in [0.3, 0.4) is 0 Å². The van der Waals surface area contributed by atoms with Gasteiger partial charge in [-0.15, -0.1) is 0 Å². The molecule has 0 aliphatic rings. The highest BCUT2D eigenvalue weighted by Crippen LogP contribution is 2.25. The Morgan fingerprint density at radius 2 is 1.58 bits per heavy atom. The van der Waals surface area contributed by atoms with Gasteiger partial charge in [0.15, 0.2) is 5.76 Å². The Kier molecular flexibility index (Phi) is 6.31. The minimum Gasteiger partial charge on any atom is -0.495 e. The molecule has 2 aromatic heterocycles. The molecule has 2 heterocycles. The van der Waals surface area contributed by atoms with Gasteiger partial charge in [0.2, 0.25) is 0 Å². The lowest BCUT2D eigenvalue weighted by Gasteiger charge is -2.11. The van der Waals surface area contributed by atoms with Gasteiger partial charge in [0.25, 0.3) is 11.8 Å². The van der Waals surface area contributed by atoms with Gasteiger partial charge in [0, 0.05) is 17.3 Å². The minimum atomic E-state index is -0.351. The molecule has 0 bridgehead atoms. The quantitative estimate of drug-likeness (QED) is 0.315. The summed E-state index contributed by atoms with van der Waals surface area (Å²) in [6.45, 7) is 0. The summed E-state index contributed by atoms with van der Waals surface area (Å²) < 4.78 is 12.3. The summed E-state index contributed by atoms with van der Waals surface area (Å²) in [5.41, 5.74) is 3.17. The number of para-hydroxylation sites is 3. The minimum absolute atomic E-state index is 0.289. The van der Waals surface area contributed by atoms with E-state index < -0.39 is 0 Å². The molecule has 0 radical (unpaired) electrons. The number of amides is 2. The molecular weight excluding hydrogens is 456 g/mol. The zero-order valence-electron chi connectivity index (χ0n) is 19.3. The van der Waals surface area contributed by atoms with Crippen LogP contribution >= 0.6 is 0 Å². The number of nitrogens with one attached hydrogen (secondary N) is 2. The number of furan rings is 1. The largest absolute Gasteiger partial charge is 0.495 e. The molecule has 3 aromatic carbocycles. The number of aromatic nitrogens is 2. The number of ether oxygens (including phenoxy) is 1. The van der Waals surface area contributed by atoms with Crippen LogP contribution in [0.5, 0.6) is 5.75 Å². The van der Waals surface area contributed by atoms with E-state index in [0.29, 0.717) is 39.8 Å². The Labute approximate surface area is 207 Å². The van der Waals surface area contributed by atoms with Gasteiger partial charge in [-0.2, -0.15) is 5.10 Å². The molecule has 0 spiro atoms. The molecule has 0 saturated heterocycles. The second kappa shape index (κ2) is 10.0. The van der Waals surface area contributed by atoms with Crippen molar-refractivity contribution < 1.29 is 18.7 Å². The topological polar surface area (TPSA) is 98.4 Å². The number of nitrogens with zero attached hydrogens (tertiary/aromatic N) is 2. The summed E-state index contributed by atoms with van der Waals surface area (Å²) in [5, 5.41) is 10.3. The van der Waals surface area contributed by atoms with E-state index in [0.717, 1.165) is 5.69 Å². The van der Waals surface area contributed by atoms with Crippen molar-refractivity contribution >= 4 is 23.2 Å². The van der Waals surface area contributed by atoms with E-state index >= 15 is 0 Å². The molecule has 8 heteroatoms. The molecule has 0 aliphatic heterocycles. The second-order valence-electron chi connectivity index (χ2n) is 7.83. The zero-order chi connectivity index (χ0) is 24.9. The van der Waals surface area contributed by atoms with Gasteiger partial charge in [-0.25, -0.2) is 4.68 Å². The number of rotatable bonds is 7. The van der Waals surface area contributed by atoms with E-state index in [9.17, 15) is 9.59 Å². The van der Waals surface area contributed by atoms with Gasteiger partial charge >= 0.3 is 0 Å². The van der Waals surface area contributed by atoms with Crippen molar-refractivity contribution in [3.8, 4) is 22.9 Å². The van der Waals surface area contributed by atoms with Crippen LogP contribution < -0.4 is 15.4 Å². The molecule has 5 rings (SSSR count). The first-order valence-corrected chi connectivity index (χ1v) is 11.2. The molecule has 2 N–H and O–H groups in total. The zero-order valence-corrected chi connectivity index (χ0v) is 19.3.